The van der Waals surface area contributed by atoms with Gasteiger partial charge in [0.25, 0.3) is 0 Å². The molecular formula is C11H17N3O5. The monoisotopic (exact) mass is 271 g/mol. The van der Waals surface area contributed by atoms with E-state index in [1.165, 1.54) is 4.90 Å². The van der Waals surface area contributed by atoms with Crippen molar-refractivity contribution in [3.63, 3.8) is 0 Å². The van der Waals surface area contributed by atoms with Crippen molar-refractivity contribution in [2.75, 3.05) is 19.6 Å². The van der Waals surface area contributed by atoms with Crippen LogP contribution in [0.25, 0.3) is 0 Å². The molecule has 19 heavy (non-hydrogen) atoms. The molecule has 1 saturated heterocycles. The highest BCUT2D eigenvalue weighted by molar-refractivity contribution is 5.94. The Morgan fingerprint density at radius 1 is 1.26 bits per heavy atom. The lowest BCUT2D eigenvalue weighted by molar-refractivity contribution is -0.137. The second kappa shape index (κ2) is 7.34. The number of hydrogen-bond acceptors (Lipinski definition) is 4. The predicted molar refractivity (Wildman–Crippen MR) is 64.2 cm³/mol. The van der Waals surface area contributed by atoms with Crippen molar-refractivity contribution in [1.29, 1.82) is 0 Å². The van der Waals surface area contributed by atoms with Gasteiger partial charge in [0, 0.05) is 38.9 Å². The second-order valence-electron chi connectivity index (χ2n) is 4.19. The lowest BCUT2D eigenvalue weighted by Gasteiger charge is -2.19. The van der Waals surface area contributed by atoms with Crippen molar-refractivity contribution in [1.82, 2.24) is 15.5 Å². The van der Waals surface area contributed by atoms with E-state index >= 15 is 0 Å². The molecule has 0 atom stereocenters. The third-order valence-electron chi connectivity index (χ3n) is 2.64. The summed E-state index contributed by atoms with van der Waals surface area (Å²) in [4.78, 5) is 45.8. The number of aliphatic carboxylic acids is 1. The molecule has 1 heterocycles. The van der Waals surface area contributed by atoms with Crippen LogP contribution in [0, 0.1) is 0 Å². The first-order valence-corrected chi connectivity index (χ1v) is 6.06. The molecule has 0 aromatic carbocycles. The van der Waals surface area contributed by atoms with Crippen LogP contribution < -0.4 is 10.6 Å². The maximum atomic E-state index is 11.7. The number of nitrogens with one attached hydrogen (secondary N) is 2. The van der Waals surface area contributed by atoms with Crippen LogP contribution in [0.2, 0.25) is 0 Å². The van der Waals surface area contributed by atoms with E-state index in [0.717, 1.165) is 0 Å². The fourth-order valence-corrected chi connectivity index (χ4v) is 1.63. The van der Waals surface area contributed by atoms with Gasteiger partial charge in [-0.2, -0.15) is 0 Å². The van der Waals surface area contributed by atoms with Gasteiger partial charge in [0.15, 0.2) is 0 Å². The molecule has 3 N–H and O–H groups in total. The maximum Gasteiger partial charge on any atom is 0.324 e. The number of rotatable bonds is 4. The van der Waals surface area contributed by atoms with E-state index < -0.39 is 17.9 Å². The van der Waals surface area contributed by atoms with Gasteiger partial charge >= 0.3 is 12.0 Å². The molecule has 0 bridgehead atoms. The molecule has 1 fully saturated rings. The van der Waals surface area contributed by atoms with Gasteiger partial charge < -0.3 is 15.3 Å². The number of hydrogen-bond donors (Lipinski definition) is 3. The fourth-order valence-electron chi connectivity index (χ4n) is 1.63. The van der Waals surface area contributed by atoms with Crippen LogP contribution in [0.15, 0.2) is 0 Å². The SMILES string of the molecule is O=C(O)CCCC(=O)NC(=O)N1CCNC(=O)CC1. The van der Waals surface area contributed by atoms with Crippen LogP contribution in [0.3, 0.4) is 0 Å². The van der Waals surface area contributed by atoms with Gasteiger partial charge in [-0.05, 0) is 6.42 Å². The summed E-state index contributed by atoms with van der Waals surface area (Å²) in [7, 11) is 0. The molecule has 0 spiro atoms. The standard InChI is InChI=1S/C11H17N3O5/c15-8-4-6-14(7-5-12-8)11(19)13-9(16)2-1-3-10(17)18/h1-7H2,(H,12,15)(H,17,18)(H,13,16,19). The molecule has 106 valence electrons. The molecule has 4 amide bonds. The maximum absolute atomic E-state index is 11.7. The molecule has 8 nitrogen and oxygen atoms in total. The lowest BCUT2D eigenvalue weighted by atomic mass is 10.2. The second-order valence-corrected chi connectivity index (χ2v) is 4.19. The average Bonchev–Trinajstić information content (AvgIpc) is 2.53. The first-order chi connectivity index (χ1) is 8.99. The Kier molecular flexibility index (Phi) is 5.77. The molecule has 0 aromatic rings. The van der Waals surface area contributed by atoms with Crippen molar-refractivity contribution in [2.45, 2.75) is 25.7 Å². The highest BCUT2D eigenvalue weighted by Gasteiger charge is 2.19. The summed E-state index contributed by atoms with van der Waals surface area (Å²) in [6.45, 7) is 0.972. The van der Waals surface area contributed by atoms with E-state index in [1.807, 2.05) is 0 Å². The highest BCUT2D eigenvalue weighted by atomic mass is 16.4. The van der Waals surface area contributed by atoms with Crippen LogP contribution in [0.5, 0.6) is 0 Å². The zero-order valence-corrected chi connectivity index (χ0v) is 10.5. The Morgan fingerprint density at radius 2 is 2.00 bits per heavy atom. The van der Waals surface area contributed by atoms with E-state index in [-0.39, 0.29) is 38.1 Å². The van der Waals surface area contributed by atoms with Gasteiger partial charge in [-0.3, -0.25) is 19.7 Å². The molecule has 1 aliphatic rings. The number of imide groups is 1. The minimum absolute atomic E-state index is 0.0109. The Hall–Kier alpha value is -2.12. The largest absolute Gasteiger partial charge is 0.481 e. The molecule has 0 unspecified atom stereocenters. The zero-order chi connectivity index (χ0) is 14.3. The highest BCUT2D eigenvalue weighted by Crippen LogP contribution is 1.99. The van der Waals surface area contributed by atoms with Gasteiger partial charge in [-0.15, -0.1) is 0 Å². The summed E-state index contributed by atoms with van der Waals surface area (Å²) >= 11 is 0. The zero-order valence-electron chi connectivity index (χ0n) is 10.5. The first kappa shape index (κ1) is 14.9. The van der Waals surface area contributed by atoms with Crippen molar-refractivity contribution >= 4 is 23.8 Å². The van der Waals surface area contributed by atoms with Gasteiger partial charge in [-0.1, -0.05) is 0 Å². The Balaban J connectivity index is 2.31. The van der Waals surface area contributed by atoms with Crippen LogP contribution in [0.4, 0.5) is 4.79 Å². The van der Waals surface area contributed by atoms with E-state index in [4.69, 9.17) is 5.11 Å². The van der Waals surface area contributed by atoms with Gasteiger partial charge in [0.2, 0.25) is 11.8 Å². The molecular weight excluding hydrogens is 254 g/mol. The fraction of sp³-hybridized carbons (Fsp3) is 0.636. The quantitative estimate of drug-likeness (QED) is 0.625. The lowest BCUT2D eigenvalue weighted by Crippen LogP contribution is -2.44. The number of nitrogens with zero attached hydrogens (tertiary/aromatic N) is 1. The normalized spacial score (nSPS) is 15.4. The third kappa shape index (κ3) is 5.84. The summed E-state index contributed by atoms with van der Waals surface area (Å²) in [5.74, 6) is -1.60. The van der Waals surface area contributed by atoms with E-state index in [9.17, 15) is 19.2 Å². The molecule has 1 aliphatic heterocycles. The Labute approximate surface area is 110 Å². The van der Waals surface area contributed by atoms with Crippen LogP contribution in [-0.4, -0.2) is 53.5 Å². The summed E-state index contributed by atoms with van der Waals surface area (Å²) in [6, 6.07) is -0.545. The minimum Gasteiger partial charge on any atom is -0.481 e. The van der Waals surface area contributed by atoms with Gasteiger partial charge in [0.05, 0.1) is 0 Å². The summed E-state index contributed by atoms with van der Waals surface area (Å²) in [5.41, 5.74) is 0. The van der Waals surface area contributed by atoms with Crippen molar-refractivity contribution < 1.29 is 24.3 Å². The summed E-state index contributed by atoms with van der Waals surface area (Å²) in [6.07, 6.45) is 0.280. The van der Waals surface area contributed by atoms with E-state index in [0.29, 0.717) is 13.1 Å². The van der Waals surface area contributed by atoms with Crippen LogP contribution in [0.1, 0.15) is 25.7 Å². The molecule has 0 saturated carbocycles. The molecule has 0 aromatic heterocycles. The topological polar surface area (TPSA) is 116 Å². The number of carbonyl (C=O) groups excluding carboxylic acids is 3. The van der Waals surface area contributed by atoms with Crippen molar-refractivity contribution in [3.8, 4) is 0 Å². The molecule has 0 aliphatic carbocycles. The van der Waals surface area contributed by atoms with Gasteiger partial charge in [-0.25, -0.2) is 4.79 Å². The molecule has 1 rings (SSSR count). The van der Waals surface area contributed by atoms with Crippen molar-refractivity contribution in [3.05, 3.63) is 0 Å². The van der Waals surface area contributed by atoms with Crippen LogP contribution >= 0.6 is 0 Å². The van der Waals surface area contributed by atoms with E-state index in [1.54, 1.807) is 0 Å². The van der Waals surface area contributed by atoms with Crippen molar-refractivity contribution in [2.24, 2.45) is 0 Å². The smallest absolute Gasteiger partial charge is 0.324 e. The molecule has 8 heteroatoms. The average molecular weight is 271 g/mol. The Bertz CT molecular complexity index is 383. The van der Waals surface area contributed by atoms with E-state index in [2.05, 4.69) is 10.6 Å². The minimum atomic E-state index is -0.976. The van der Waals surface area contributed by atoms with Crippen LogP contribution in [-0.2, 0) is 14.4 Å². The predicted octanol–water partition coefficient (Wildman–Crippen LogP) is -0.701. The van der Waals surface area contributed by atoms with Gasteiger partial charge in [0.1, 0.15) is 0 Å². The first-order valence-electron chi connectivity index (χ1n) is 6.06. The number of urea groups is 1. The number of carbonyl (C=O) groups is 4. The summed E-state index contributed by atoms with van der Waals surface area (Å²) in [5, 5.41) is 13.2. The number of carboxylic acids is 1. The Morgan fingerprint density at radius 3 is 2.68 bits per heavy atom. The third-order valence-corrected chi connectivity index (χ3v) is 2.64. The number of carboxylic acid groups (broad SMARTS) is 1. The molecule has 0 radical (unpaired) electrons. The number of amides is 4. The summed E-state index contributed by atoms with van der Waals surface area (Å²) < 4.78 is 0.